The fourth-order valence-corrected chi connectivity index (χ4v) is 4.42. The summed E-state index contributed by atoms with van der Waals surface area (Å²) in [5.74, 6) is -0.642. The molecule has 4 aromatic rings. The molecule has 0 bridgehead atoms. The molecular formula is C27H26N4O4. The first-order valence-corrected chi connectivity index (χ1v) is 11.7. The van der Waals surface area contributed by atoms with Gasteiger partial charge in [0, 0.05) is 26.6 Å². The molecule has 178 valence electrons. The molecule has 1 fully saturated rings. The summed E-state index contributed by atoms with van der Waals surface area (Å²) in [7, 11) is 1.69. The number of benzene rings is 3. The molecule has 8 nitrogen and oxygen atoms in total. The van der Waals surface area contributed by atoms with E-state index in [1.54, 1.807) is 7.05 Å². The Morgan fingerprint density at radius 1 is 1.17 bits per heavy atom. The number of fused-ring (bicyclic) bond motifs is 2. The second kappa shape index (κ2) is 9.74. The third kappa shape index (κ3) is 4.83. The van der Waals surface area contributed by atoms with Crippen LogP contribution in [-0.2, 0) is 23.0 Å². The molecule has 8 heteroatoms. The van der Waals surface area contributed by atoms with E-state index in [-0.39, 0.29) is 11.7 Å². The topological polar surface area (TPSA) is 109 Å². The van der Waals surface area contributed by atoms with E-state index in [0.29, 0.717) is 25.2 Å². The normalized spacial score (nSPS) is 17.1. The fraction of sp³-hybridized carbons (Fsp3) is 0.296. The number of nitriles is 1. The van der Waals surface area contributed by atoms with Gasteiger partial charge in [0.05, 0.1) is 11.6 Å². The molecule has 2 heterocycles. The van der Waals surface area contributed by atoms with E-state index in [2.05, 4.69) is 22.8 Å². The number of nitrogens with zero attached hydrogens (tertiary/aromatic N) is 2. The maximum atomic E-state index is 12.5. The number of aromatic nitrogens is 1. The molecule has 1 unspecified atom stereocenters. The standard InChI is InChI=1S/C27H26N4O4/c1-31-23-14-21(7-8-24(23)35-27(31)33)20-6-5-18-11-17(3-4-19(18)13-20)12-22(15-28)30-26(32)25-16-29-9-2-10-34-25/h3-8,11,13-14,22,25,29H,2,9-10,12,16H2,1H3,(H,30,32)/t22?,25-/m0/s1. The summed E-state index contributed by atoms with van der Waals surface area (Å²) in [6.45, 7) is 1.80. The maximum absolute atomic E-state index is 12.5. The van der Waals surface area contributed by atoms with Gasteiger partial charge in [0.2, 0.25) is 0 Å². The Morgan fingerprint density at radius 3 is 2.80 bits per heavy atom. The molecule has 1 saturated heterocycles. The van der Waals surface area contributed by atoms with Crippen LogP contribution in [0.5, 0.6) is 0 Å². The SMILES string of the molecule is Cn1c(=O)oc2ccc(-c3ccc4cc(CC(C#N)NC(=O)[C@@H]5CNCCCO5)ccc4c3)cc21. The molecular weight excluding hydrogens is 444 g/mol. The third-order valence-corrected chi connectivity index (χ3v) is 6.38. The molecule has 35 heavy (non-hydrogen) atoms. The summed E-state index contributed by atoms with van der Waals surface area (Å²) >= 11 is 0. The van der Waals surface area contributed by atoms with Crippen molar-refractivity contribution in [3.05, 3.63) is 70.7 Å². The van der Waals surface area contributed by atoms with Crippen molar-refractivity contribution in [2.75, 3.05) is 19.7 Å². The van der Waals surface area contributed by atoms with Crippen LogP contribution in [-0.4, -0.2) is 42.3 Å². The van der Waals surface area contributed by atoms with Crippen molar-refractivity contribution >= 4 is 27.8 Å². The Bertz CT molecular complexity index is 1490. The number of hydrogen-bond acceptors (Lipinski definition) is 6. The monoisotopic (exact) mass is 470 g/mol. The highest BCUT2D eigenvalue weighted by molar-refractivity contribution is 5.89. The van der Waals surface area contributed by atoms with Crippen LogP contribution in [0.4, 0.5) is 0 Å². The number of carbonyl (C=O) groups is 1. The molecule has 0 radical (unpaired) electrons. The van der Waals surface area contributed by atoms with Crippen molar-refractivity contribution in [2.24, 2.45) is 7.05 Å². The largest absolute Gasteiger partial charge is 0.419 e. The highest BCUT2D eigenvalue weighted by atomic mass is 16.5. The van der Waals surface area contributed by atoms with Gasteiger partial charge in [-0.25, -0.2) is 4.79 Å². The Hall–Kier alpha value is -3.93. The number of amides is 1. The maximum Gasteiger partial charge on any atom is 0.419 e. The smallest absolute Gasteiger partial charge is 0.408 e. The van der Waals surface area contributed by atoms with Crippen LogP contribution in [0.25, 0.3) is 33.0 Å². The molecule has 5 rings (SSSR count). The Balaban J connectivity index is 1.33. The molecule has 1 aromatic heterocycles. The van der Waals surface area contributed by atoms with Gasteiger partial charge < -0.3 is 19.8 Å². The molecule has 0 aliphatic carbocycles. The lowest BCUT2D eigenvalue weighted by atomic mass is 9.98. The van der Waals surface area contributed by atoms with Gasteiger partial charge in [0.1, 0.15) is 12.1 Å². The zero-order valence-corrected chi connectivity index (χ0v) is 19.4. The van der Waals surface area contributed by atoms with Crippen LogP contribution < -0.4 is 16.4 Å². The molecule has 1 aliphatic rings. The number of carbonyl (C=O) groups excluding carboxylic acids is 1. The van der Waals surface area contributed by atoms with Gasteiger partial charge >= 0.3 is 5.76 Å². The first-order valence-electron chi connectivity index (χ1n) is 11.7. The minimum Gasteiger partial charge on any atom is -0.408 e. The second-order valence-electron chi connectivity index (χ2n) is 8.82. The van der Waals surface area contributed by atoms with Crippen LogP contribution >= 0.6 is 0 Å². The molecule has 1 amide bonds. The molecule has 2 N–H and O–H groups in total. The molecule has 2 atom stereocenters. The van der Waals surface area contributed by atoms with E-state index < -0.39 is 12.1 Å². The predicted molar refractivity (Wildman–Crippen MR) is 133 cm³/mol. The Kier molecular flexibility index (Phi) is 6.36. The molecule has 1 aliphatic heterocycles. The molecule has 3 aromatic carbocycles. The summed E-state index contributed by atoms with van der Waals surface area (Å²) in [5, 5.41) is 17.7. The van der Waals surface area contributed by atoms with Crippen LogP contribution in [0, 0.1) is 11.3 Å². The zero-order chi connectivity index (χ0) is 24.4. The number of ether oxygens (including phenoxy) is 1. The highest BCUT2D eigenvalue weighted by Gasteiger charge is 2.23. The number of aryl methyl sites for hydroxylation is 1. The van der Waals surface area contributed by atoms with Crippen LogP contribution in [0.15, 0.2) is 63.8 Å². The van der Waals surface area contributed by atoms with E-state index in [9.17, 15) is 14.9 Å². The number of nitrogens with one attached hydrogen (secondary N) is 2. The van der Waals surface area contributed by atoms with Gasteiger partial charge in [0.15, 0.2) is 5.58 Å². The number of hydrogen-bond donors (Lipinski definition) is 2. The van der Waals surface area contributed by atoms with E-state index >= 15 is 0 Å². The zero-order valence-electron chi connectivity index (χ0n) is 19.4. The number of rotatable bonds is 5. The minimum atomic E-state index is -0.639. The minimum absolute atomic E-state index is 0.261. The first kappa shape index (κ1) is 22.8. The average Bonchev–Trinajstić information content (AvgIpc) is 3.04. The third-order valence-electron chi connectivity index (χ3n) is 6.38. The van der Waals surface area contributed by atoms with Crippen molar-refractivity contribution in [1.82, 2.24) is 15.2 Å². The summed E-state index contributed by atoms with van der Waals surface area (Å²) in [6.07, 6.45) is 0.694. The van der Waals surface area contributed by atoms with Crippen molar-refractivity contribution in [3.63, 3.8) is 0 Å². The van der Waals surface area contributed by atoms with Crippen molar-refractivity contribution in [1.29, 1.82) is 5.26 Å². The predicted octanol–water partition coefficient (Wildman–Crippen LogP) is 2.88. The summed E-state index contributed by atoms with van der Waals surface area (Å²) in [4.78, 5) is 24.3. The quantitative estimate of drug-likeness (QED) is 0.464. The van der Waals surface area contributed by atoms with Crippen LogP contribution in [0.2, 0.25) is 0 Å². The van der Waals surface area contributed by atoms with Crippen LogP contribution in [0.3, 0.4) is 0 Å². The van der Waals surface area contributed by atoms with Crippen molar-refractivity contribution in [3.8, 4) is 17.2 Å². The van der Waals surface area contributed by atoms with Gasteiger partial charge in [-0.2, -0.15) is 5.26 Å². The lowest BCUT2D eigenvalue weighted by molar-refractivity contribution is -0.132. The Morgan fingerprint density at radius 2 is 1.94 bits per heavy atom. The highest BCUT2D eigenvalue weighted by Crippen LogP contribution is 2.28. The number of oxazole rings is 1. The first-order chi connectivity index (χ1) is 17.0. The lowest BCUT2D eigenvalue weighted by Crippen LogP contribution is -2.46. The molecule has 0 saturated carbocycles. The summed E-state index contributed by atoms with van der Waals surface area (Å²) < 4.78 is 12.3. The van der Waals surface area contributed by atoms with Crippen molar-refractivity contribution < 1.29 is 13.9 Å². The van der Waals surface area contributed by atoms with Gasteiger partial charge in [0.25, 0.3) is 5.91 Å². The van der Waals surface area contributed by atoms with E-state index in [1.807, 2.05) is 48.5 Å². The lowest BCUT2D eigenvalue weighted by Gasteiger charge is -2.18. The summed E-state index contributed by atoms with van der Waals surface area (Å²) in [5.41, 5.74) is 4.29. The van der Waals surface area contributed by atoms with E-state index in [0.717, 1.165) is 45.9 Å². The fourth-order valence-electron chi connectivity index (χ4n) is 4.42. The van der Waals surface area contributed by atoms with Gasteiger partial charge in [-0.05, 0) is 58.6 Å². The second-order valence-corrected chi connectivity index (χ2v) is 8.82. The van der Waals surface area contributed by atoms with E-state index in [4.69, 9.17) is 9.15 Å². The summed E-state index contributed by atoms with van der Waals surface area (Å²) in [6, 6.07) is 19.5. The molecule has 0 spiro atoms. The van der Waals surface area contributed by atoms with Gasteiger partial charge in [-0.15, -0.1) is 0 Å². The van der Waals surface area contributed by atoms with Gasteiger partial charge in [-0.1, -0.05) is 36.4 Å². The van der Waals surface area contributed by atoms with Crippen LogP contribution in [0.1, 0.15) is 12.0 Å². The van der Waals surface area contributed by atoms with Crippen molar-refractivity contribution in [2.45, 2.75) is 25.0 Å². The average molecular weight is 471 g/mol. The Labute approximate surface area is 202 Å². The van der Waals surface area contributed by atoms with E-state index in [1.165, 1.54) is 4.57 Å². The van der Waals surface area contributed by atoms with Gasteiger partial charge in [-0.3, -0.25) is 9.36 Å².